The van der Waals surface area contributed by atoms with E-state index in [0.29, 0.717) is 17.0 Å². The summed E-state index contributed by atoms with van der Waals surface area (Å²) in [4.78, 5) is 23.3. The number of hydrogen-bond acceptors (Lipinski definition) is 4. The first kappa shape index (κ1) is 16.1. The maximum absolute atomic E-state index is 11.9. The van der Waals surface area contributed by atoms with E-state index < -0.39 is 5.97 Å². The highest BCUT2D eigenvalue weighted by Crippen LogP contribution is 2.13. The Morgan fingerprint density at radius 3 is 2.57 bits per heavy atom. The zero-order chi connectivity index (χ0) is 16.7. The standard InChI is InChI=1S/C18H15NO4/c1-3-13-7-9-16(10-8-13)23-12-17(20)19-15-6-4-5-14(11-15)18(21)22-2/h1,4-11H,12H2,2H3,(H,19,20). The average molecular weight is 309 g/mol. The number of anilines is 1. The Bertz CT molecular complexity index is 744. The molecule has 5 nitrogen and oxygen atoms in total. The number of amides is 1. The highest BCUT2D eigenvalue weighted by Gasteiger charge is 2.08. The number of methoxy groups -OCH3 is 1. The molecule has 5 heteroatoms. The van der Waals surface area contributed by atoms with Crippen molar-refractivity contribution < 1.29 is 19.1 Å². The number of hydrogen-bond donors (Lipinski definition) is 1. The first-order valence-corrected chi connectivity index (χ1v) is 6.80. The highest BCUT2D eigenvalue weighted by molar-refractivity contribution is 5.95. The summed E-state index contributed by atoms with van der Waals surface area (Å²) < 4.78 is 10.00. The first-order valence-electron chi connectivity index (χ1n) is 6.80. The van der Waals surface area contributed by atoms with Crippen molar-refractivity contribution in [1.29, 1.82) is 0 Å². The summed E-state index contributed by atoms with van der Waals surface area (Å²) >= 11 is 0. The van der Waals surface area contributed by atoms with E-state index in [4.69, 9.17) is 11.2 Å². The molecule has 0 saturated carbocycles. The molecule has 1 N–H and O–H groups in total. The van der Waals surface area contributed by atoms with Crippen LogP contribution >= 0.6 is 0 Å². The van der Waals surface area contributed by atoms with Gasteiger partial charge >= 0.3 is 5.97 Å². The minimum atomic E-state index is -0.467. The zero-order valence-corrected chi connectivity index (χ0v) is 12.5. The van der Waals surface area contributed by atoms with E-state index >= 15 is 0 Å². The molecule has 2 rings (SSSR count). The van der Waals surface area contributed by atoms with Gasteiger partial charge in [-0.2, -0.15) is 0 Å². The van der Waals surface area contributed by atoms with Gasteiger partial charge in [-0.15, -0.1) is 6.42 Å². The molecule has 0 spiro atoms. The Morgan fingerprint density at radius 2 is 1.91 bits per heavy atom. The number of nitrogens with one attached hydrogen (secondary N) is 1. The first-order chi connectivity index (χ1) is 11.1. The summed E-state index contributed by atoms with van der Waals surface area (Å²) in [6.45, 7) is -0.155. The second-order valence-corrected chi connectivity index (χ2v) is 4.58. The van der Waals surface area contributed by atoms with E-state index in [1.807, 2.05) is 0 Å². The second-order valence-electron chi connectivity index (χ2n) is 4.58. The molecule has 2 aromatic carbocycles. The lowest BCUT2D eigenvalue weighted by Crippen LogP contribution is -2.20. The van der Waals surface area contributed by atoms with Crippen molar-refractivity contribution in [2.45, 2.75) is 0 Å². The smallest absolute Gasteiger partial charge is 0.337 e. The van der Waals surface area contributed by atoms with Gasteiger partial charge in [0.15, 0.2) is 6.61 Å². The third-order valence-corrected chi connectivity index (χ3v) is 2.96. The lowest BCUT2D eigenvalue weighted by atomic mass is 10.2. The van der Waals surface area contributed by atoms with Crippen molar-refractivity contribution in [3.8, 4) is 18.1 Å². The normalized spacial score (nSPS) is 9.57. The fourth-order valence-corrected chi connectivity index (χ4v) is 1.84. The molecule has 0 radical (unpaired) electrons. The van der Waals surface area contributed by atoms with Gasteiger partial charge in [-0.3, -0.25) is 4.79 Å². The molecule has 23 heavy (non-hydrogen) atoms. The quantitative estimate of drug-likeness (QED) is 0.681. The van der Waals surface area contributed by atoms with Crippen molar-refractivity contribution in [3.05, 3.63) is 59.7 Å². The van der Waals surface area contributed by atoms with E-state index in [2.05, 4.69) is 16.0 Å². The summed E-state index contributed by atoms with van der Waals surface area (Å²) in [6.07, 6.45) is 5.26. The second kappa shape index (κ2) is 7.66. The molecular formula is C18H15NO4. The SMILES string of the molecule is C#Cc1ccc(OCC(=O)Nc2cccc(C(=O)OC)c2)cc1. The molecule has 0 aromatic heterocycles. The monoisotopic (exact) mass is 309 g/mol. The Labute approximate surface area is 134 Å². The predicted octanol–water partition coefficient (Wildman–Crippen LogP) is 2.47. The fourth-order valence-electron chi connectivity index (χ4n) is 1.84. The van der Waals surface area contributed by atoms with Gasteiger partial charge in [0.1, 0.15) is 5.75 Å². The van der Waals surface area contributed by atoms with Crippen molar-refractivity contribution in [2.24, 2.45) is 0 Å². The molecule has 0 aliphatic heterocycles. The van der Waals surface area contributed by atoms with E-state index in [0.717, 1.165) is 5.56 Å². The van der Waals surface area contributed by atoms with Crippen molar-refractivity contribution in [2.75, 3.05) is 19.0 Å². The van der Waals surface area contributed by atoms with Gasteiger partial charge in [-0.25, -0.2) is 4.79 Å². The van der Waals surface area contributed by atoms with E-state index in [1.54, 1.807) is 42.5 Å². The minimum Gasteiger partial charge on any atom is -0.484 e. The number of esters is 1. The van der Waals surface area contributed by atoms with Crippen LogP contribution in [0.25, 0.3) is 0 Å². The summed E-state index contributed by atoms with van der Waals surface area (Å²) in [5.74, 6) is 2.24. The maximum atomic E-state index is 11.9. The predicted molar refractivity (Wildman–Crippen MR) is 86.3 cm³/mol. The Morgan fingerprint density at radius 1 is 1.17 bits per heavy atom. The summed E-state index contributed by atoms with van der Waals surface area (Å²) in [6, 6.07) is 13.3. The molecule has 0 aliphatic rings. The van der Waals surface area contributed by atoms with E-state index in [1.165, 1.54) is 13.2 Å². The summed E-state index contributed by atoms with van der Waals surface area (Å²) in [5.41, 5.74) is 1.58. The third-order valence-electron chi connectivity index (χ3n) is 2.96. The van der Waals surface area contributed by atoms with E-state index in [9.17, 15) is 9.59 Å². The van der Waals surface area contributed by atoms with Crippen LogP contribution in [0, 0.1) is 12.3 Å². The number of rotatable bonds is 5. The van der Waals surface area contributed by atoms with Gasteiger partial charge in [0.05, 0.1) is 12.7 Å². The van der Waals surface area contributed by atoms with Crippen LogP contribution in [-0.4, -0.2) is 25.6 Å². The van der Waals surface area contributed by atoms with Gasteiger partial charge in [0, 0.05) is 11.3 Å². The Hall–Kier alpha value is -3.26. The van der Waals surface area contributed by atoms with Crippen LogP contribution in [0.5, 0.6) is 5.75 Å². The molecule has 1 amide bonds. The van der Waals surface area contributed by atoms with Crippen LogP contribution in [0.15, 0.2) is 48.5 Å². The number of terminal acetylenes is 1. The van der Waals surface area contributed by atoms with Gasteiger partial charge < -0.3 is 14.8 Å². The molecule has 0 atom stereocenters. The molecular weight excluding hydrogens is 294 g/mol. The molecule has 0 fully saturated rings. The van der Waals surface area contributed by atoms with Gasteiger partial charge in [-0.1, -0.05) is 12.0 Å². The van der Waals surface area contributed by atoms with Crippen molar-refractivity contribution in [3.63, 3.8) is 0 Å². The van der Waals surface area contributed by atoms with Crippen LogP contribution in [0.2, 0.25) is 0 Å². The van der Waals surface area contributed by atoms with Crippen LogP contribution in [0.3, 0.4) is 0 Å². The topological polar surface area (TPSA) is 64.6 Å². The molecule has 0 saturated heterocycles. The lowest BCUT2D eigenvalue weighted by molar-refractivity contribution is -0.118. The zero-order valence-electron chi connectivity index (χ0n) is 12.5. The summed E-state index contributed by atoms with van der Waals surface area (Å²) in [7, 11) is 1.30. The van der Waals surface area contributed by atoms with Crippen LogP contribution in [0.1, 0.15) is 15.9 Å². The van der Waals surface area contributed by atoms with Gasteiger partial charge in [-0.05, 0) is 42.5 Å². The molecule has 0 unspecified atom stereocenters. The molecule has 0 aliphatic carbocycles. The van der Waals surface area contributed by atoms with Crippen molar-refractivity contribution >= 4 is 17.6 Å². The molecule has 0 heterocycles. The Balaban J connectivity index is 1.91. The molecule has 2 aromatic rings. The highest BCUT2D eigenvalue weighted by atomic mass is 16.5. The summed E-state index contributed by atoms with van der Waals surface area (Å²) in [5, 5.41) is 2.65. The van der Waals surface area contributed by atoms with Gasteiger partial charge in [0.2, 0.25) is 0 Å². The lowest BCUT2D eigenvalue weighted by Gasteiger charge is -2.08. The van der Waals surface area contributed by atoms with E-state index in [-0.39, 0.29) is 12.5 Å². The van der Waals surface area contributed by atoms with Crippen molar-refractivity contribution in [1.82, 2.24) is 0 Å². The van der Waals surface area contributed by atoms with Crippen LogP contribution in [0.4, 0.5) is 5.69 Å². The molecule has 0 bridgehead atoms. The maximum Gasteiger partial charge on any atom is 0.337 e. The van der Waals surface area contributed by atoms with Crippen LogP contribution in [-0.2, 0) is 9.53 Å². The Kier molecular flexibility index (Phi) is 5.37. The van der Waals surface area contributed by atoms with Gasteiger partial charge in [0.25, 0.3) is 5.91 Å². The average Bonchev–Trinajstić information content (AvgIpc) is 2.60. The third kappa shape index (κ3) is 4.61. The molecule has 116 valence electrons. The number of ether oxygens (including phenoxy) is 2. The number of carbonyl (C=O) groups excluding carboxylic acids is 2. The largest absolute Gasteiger partial charge is 0.484 e. The number of carbonyl (C=O) groups is 2. The van der Waals surface area contributed by atoms with Crippen LogP contribution < -0.4 is 10.1 Å². The number of benzene rings is 2. The minimum absolute atomic E-state index is 0.155. The fraction of sp³-hybridized carbons (Fsp3) is 0.111.